The van der Waals surface area contributed by atoms with E-state index in [1.807, 2.05) is 19.0 Å². The Bertz CT molecular complexity index is 496. The molecular weight excluding hydrogens is 290 g/mol. The summed E-state index contributed by atoms with van der Waals surface area (Å²) in [5.74, 6) is -1.13. The van der Waals surface area contributed by atoms with Gasteiger partial charge < -0.3 is 20.0 Å². The van der Waals surface area contributed by atoms with E-state index in [-0.39, 0.29) is 11.7 Å². The summed E-state index contributed by atoms with van der Waals surface area (Å²) >= 11 is 0. The Morgan fingerprint density at radius 2 is 1.77 bits per heavy atom. The maximum absolute atomic E-state index is 13.8. The van der Waals surface area contributed by atoms with Crippen molar-refractivity contribution in [2.45, 2.75) is 0 Å². The lowest BCUT2D eigenvalue weighted by Crippen LogP contribution is -2.52. The Morgan fingerprint density at radius 1 is 1.18 bits per heavy atom. The zero-order chi connectivity index (χ0) is 16.1. The van der Waals surface area contributed by atoms with Crippen LogP contribution in [0.15, 0.2) is 18.2 Å². The second-order valence-electron chi connectivity index (χ2n) is 5.58. The monoisotopic (exact) mass is 312 g/mol. The van der Waals surface area contributed by atoms with Crippen LogP contribution >= 0.6 is 0 Å². The number of carbonyl (C=O) groups excluding carboxylic acids is 1. The van der Waals surface area contributed by atoms with E-state index >= 15 is 0 Å². The highest BCUT2D eigenvalue weighted by Gasteiger charge is 2.24. The molecule has 5 nitrogen and oxygen atoms in total. The van der Waals surface area contributed by atoms with Crippen LogP contribution in [0, 0.1) is 11.6 Å². The molecule has 1 aliphatic rings. The number of amides is 2. The second kappa shape index (κ2) is 7.40. The van der Waals surface area contributed by atoms with Crippen LogP contribution in [0.1, 0.15) is 0 Å². The van der Waals surface area contributed by atoms with Crippen LogP contribution in [-0.2, 0) is 0 Å². The van der Waals surface area contributed by atoms with Crippen LogP contribution in [0.2, 0.25) is 0 Å². The lowest BCUT2D eigenvalue weighted by molar-refractivity contribution is 0.193. The third-order valence-electron chi connectivity index (χ3n) is 3.66. The highest BCUT2D eigenvalue weighted by Crippen LogP contribution is 2.24. The number of para-hydroxylation sites is 1. The average molecular weight is 312 g/mol. The van der Waals surface area contributed by atoms with Crippen LogP contribution < -0.4 is 10.2 Å². The molecule has 122 valence electrons. The summed E-state index contributed by atoms with van der Waals surface area (Å²) in [6.45, 7) is 3.07. The predicted octanol–water partition coefficient (Wildman–Crippen LogP) is 1.36. The molecule has 7 heteroatoms. The standard InChI is InChI=1S/C15H22F2N4O/c1-19(2)7-6-18-15(22)21-10-8-20(9-11-21)14-12(16)4-3-5-13(14)17/h3-5H,6-11H2,1-2H3,(H,18,22). The number of halogens is 2. The van der Waals surface area contributed by atoms with E-state index in [2.05, 4.69) is 5.32 Å². The number of benzene rings is 1. The van der Waals surface area contributed by atoms with Gasteiger partial charge >= 0.3 is 6.03 Å². The molecule has 2 rings (SSSR count). The molecule has 0 atom stereocenters. The highest BCUT2D eigenvalue weighted by atomic mass is 19.1. The summed E-state index contributed by atoms with van der Waals surface area (Å²) in [7, 11) is 3.88. The van der Waals surface area contributed by atoms with Gasteiger partial charge in [-0.25, -0.2) is 13.6 Å². The van der Waals surface area contributed by atoms with Crippen molar-refractivity contribution in [3.8, 4) is 0 Å². The Balaban J connectivity index is 1.86. The number of nitrogens with zero attached hydrogens (tertiary/aromatic N) is 3. The summed E-state index contributed by atoms with van der Waals surface area (Å²) in [4.78, 5) is 17.3. The quantitative estimate of drug-likeness (QED) is 0.912. The summed E-state index contributed by atoms with van der Waals surface area (Å²) in [5.41, 5.74) is -0.00448. The molecule has 0 aliphatic carbocycles. The van der Waals surface area contributed by atoms with Gasteiger partial charge in [-0.05, 0) is 26.2 Å². The first-order valence-corrected chi connectivity index (χ1v) is 7.35. The lowest BCUT2D eigenvalue weighted by atomic mass is 10.2. The van der Waals surface area contributed by atoms with Gasteiger partial charge in [0.05, 0.1) is 0 Å². The Morgan fingerprint density at radius 3 is 2.32 bits per heavy atom. The summed E-state index contributed by atoms with van der Waals surface area (Å²) < 4.78 is 27.5. The van der Waals surface area contributed by atoms with Crippen LogP contribution in [0.5, 0.6) is 0 Å². The van der Waals surface area contributed by atoms with Crippen molar-refractivity contribution >= 4 is 11.7 Å². The van der Waals surface area contributed by atoms with E-state index in [0.717, 1.165) is 6.54 Å². The van der Waals surface area contributed by atoms with Gasteiger partial charge in [-0.15, -0.1) is 0 Å². The molecule has 0 bridgehead atoms. The Hall–Kier alpha value is -1.89. The van der Waals surface area contributed by atoms with Crippen molar-refractivity contribution in [3.05, 3.63) is 29.8 Å². The molecule has 1 aromatic carbocycles. The number of hydrogen-bond acceptors (Lipinski definition) is 3. The van der Waals surface area contributed by atoms with Gasteiger partial charge in [-0.3, -0.25) is 0 Å². The first kappa shape index (κ1) is 16.5. The molecule has 1 aliphatic heterocycles. The lowest BCUT2D eigenvalue weighted by Gasteiger charge is -2.36. The fraction of sp³-hybridized carbons (Fsp3) is 0.533. The van der Waals surface area contributed by atoms with Gasteiger partial charge in [-0.2, -0.15) is 0 Å². The third kappa shape index (κ3) is 4.07. The van der Waals surface area contributed by atoms with Gasteiger partial charge in [0, 0.05) is 39.3 Å². The summed E-state index contributed by atoms with van der Waals surface area (Å²) in [6, 6.07) is 3.72. The van der Waals surface area contributed by atoms with E-state index in [0.29, 0.717) is 32.7 Å². The summed E-state index contributed by atoms with van der Waals surface area (Å²) in [6.07, 6.45) is 0. The zero-order valence-corrected chi connectivity index (χ0v) is 13.0. The smallest absolute Gasteiger partial charge is 0.317 e. The van der Waals surface area contributed by atoms with Crippen molar-refractivity contribution in [1.29, 1.82) is 0 Å². The fourth-order valence-corrected chi connectivity index (χ4v) is 2.42. The van der Waals surface area contributed by atoms with Crippen LogP contribution in [0.25, 0.3) is 0 Å². The first-order valence-electron chi connectivity index (χ1n) is 7.35. The van der Waals surface area contributed by atoms with Gasteiger partial charge in [0.2, 0.25) is 0 Å². The number of nitrogens with one attached hydrogen (secondary N) is 1. The zero-order valence-electron chi connectivity index (χ0n) is 13.0. The van der Waals surface area contributed by atoms with Crippen molar-refractivity contribution in [2.24, 2.45) is 0 Å². The number of urea groups is 1. The van der Waals surface area contributed by atoms with Crippen molar-refractivity contribution < 1.29 is 13.6 Å². The summed E-state index contributed by atoms with van der Waals surface area (Å²) in [5, 5.41) is 2.84. The average Bonchev–Trinajstić information content (AvgIpc) is 2.47. The topological polar surface area (TPSA) is 38.8 Å². The van der Waals surface area contributed by atoms with Crippen LogP contribution in [0.3, 0.4) is 0 Å². The Kier molecular flexibility index (Phi) is 5.54. The predicted molar refractivity (Wildman–Crippen MR) is 82.1 cm³/mol. The minimum atomic E-state index is -0.566. The molecule has 0 radical (unpaired) electrons. The number of carbonyl (C=O) groups is 1. The van der Waals surface area contributed by atoms with Gasteiger partial charge in [-0.1, -0.05) is 6.07 Å². The molecule has 1 fully saturated rings. The number of likely N-dealkylation sites (N-methyl/N-ethyl adjacent to an activating group) is 1. The minimum absolute atomic E-state index is 0.00448. The molecule has 1 aromatic rings. The van der Waals surface area contributed by atoms with Crippen molar-refractivity contribution in [3.63, 3.8) is 0 Å². The van der Waals surface area contributed by atoms with Gasteiger partial charge in [0.25, 0.3) is 0 Å². The molecule has 1 N–H and O–H groups in total. The molecule has 0 saturated carbocycles. The van der Waals surface area contributed by atoms with E-state index in [1.54, 1.807) is 9.80 Å². The van der Waals surface area contributed by atoms with Crippen LogP contribution in [0.4, 0.5) is 19.3 Å². The molecule has 0 spiro atoms. The normalized spacial score (nSPS) is 15.3. The molecule has 0 aromatic heterocycles. The molecule has 22 heavy (non-hydrogen) atoms. The number of hydrogen-bond donors (Lipinski definition) is 1. The largest absolute Gasteiger partial charge is 0.363 e. The maximum Gasteiger partial charge on any atom is 0.317 e. The first-order chi connectivity index (χ1) is 10.5. The number of rotatable bonds is 4. The molecule has 0 unspecified atom stereocenters. The third-order valence-corrected chi connectivity index (χ3v) is 3.66. The van der Waals surface area contributed by atoms with Gasteiger partial charge in [0.15, 0.2) is 0 Å². The SMILES string of the molecule is CN(C)CCNC(=O)N1CCN(c2c(F)cccc2F)CC1. The minimum Gasteiger partial charge on any atom is -0.363 e. The van der Waals surface area contributed by atoms with E-state index in [4.69, 9.17) is 0 Å². The second-order valence-corrected chi connectivity index (χ2v) is 5.58. The van der Waals surface area contributed by atoms with E-state index < -0.39 is 11.6 Å². The molecule has 2 amide bonds. The molecule has 1 heterocycles. The number of piperazine rings is 1. The van der Waals surface area contributed by atoms with Crippen molar-refractivity contribution in [2.75, 3.05) is 58.3 Å². The van der Waals surface area contributed by atoms with E-state index in [1.165, 1.54) is 18.2 Å². The number of anilines is 1. The Labute approximate surface area is 129 Å². The van der Waals surface area contributed by atoms with Crippen molar-refractivity contribution in [1.82, 2.24) is 15.1 Å². The van der Waals surface area contributed by atoms with Crippen LogP contribution in [-0.4, -0.2) is 69.2 Å². The fourth-order valence-electron chi connectivity index (χ4n) is 2.42. The van der Waals surface area contributed by atoms with Gasteiger partial charge in [0.1, 0.15) is 17.3 Å². The maximum atomic E-state index is 13.8. The van der Waals surface area contributed by atoms with E-state index in [9.17, 15) is 13.6 Å². The molecule has 1 saturated heterocycles. The highest BCUT2D eigenvalue weighted by molar-refractivity contribution is 5.74. The molecular formula is C15H22F2N4O.